The van der Waals surface area contributed by atoms with Crippen LogP contribution in [-0.2, 0) is 4.79 Å². The number of carbonyl (C=O) groups is 1. The van der Waals surface area contributed by atoms with E-state index in [1.807, 2.05) is 6.07 Å². The highest BCUT2D eigenvalue weighted by atomic mass is 35.5. The van der Waals surface area contributed by atoms with Crippen LogP contribution in [0.2, 0.25) is 5.02 Å². The largest absolute Gasteiger partial charge is 0.366 e. The fraction of sp³-hybridized carbons (Fsp3) is 0. The number of hydrogen-bond donors (Lipinski definition) is 1. The number of amides is 1. The summed E-state index contributed by atoms with van der Waals surface area (Å²) in [6.07, 6.45) is 2.65. The molecule has 0 saturated carbocycles. The number of nitriles is 1. The second-order valence-electron chi connectivity index (χ2n) is 2.58. The van der Waals surface area contributed by atoms with Gasteiger partial charge in [-0.15, -0.1) is 0 Å². The molecule has 0 fully saturated rings. The summed E-state index contributed by atoms with van der Waals surface area (Å²) in [7, 11) is 0. The van der Waals surface area contributed by atoms with Crippen LogP contribution in [0.4, 0.5) is 0 Å². The minimum absolute atomic E-state index is 0.451. The van der Waals surface area contributed by atoms with Crippen molar-refractivity contribution in [2.75, 3.05) is 0 Å². The molecule has 0 aliphatic carbocycles. The molecular formula is C10H7ClN2O. The average Bonchev–Trinajstić information content (AvgIpc) is 2.15. The third-order valence-corrected chi connectivity index (χ3v) is 1.80. The van der Waals surface area contributed by atoms with Gasteiger partial charge in [0.1, 0.15) is 0 Å². The van der Waals surface area contributed by atoms with Crippen LogP contribution in [0.5, 0.6) is 0 Å². The molecule has 0 bridgehead atoms. The minimum atomic E-state index is -0.561. The molecule has 0 radical (unpaired) electrons. The van der Waals surface area contributed by atoms with Crippen molar-refractivity contribution < 1.29 is 4.79 Å². The molecule has 4 heteroatoms. The zero-order chi connectivity index (χ0) is 10.6. The first-order chi connectivity index (χ1) is 6.63. The summed E-state index contributed by atoms with van der Waals surface area (Å²) in [6, 6.07) is 6.78. The molecule has 3 nitrogen and oxygen atoms in total. The van der Waals surface area contributed by atoms with E-state index in [4.69, 9.17) is 22.6 Å². The summed E-state index contributed by atoms with van der Waals surface area (Å²) in [6.45, 7) is 0. The van der Waals surface area contributed by atoms with Gasteiger partial charge in [-0.05, 0) is 29.8 Å². The molecule has 70 valence electrons. The average molecular weight is 207 g/mol. The Labute approximate surface area is 86.4 Å². The molecular weight excluding hydrogens is 200 g/mol. The van der Waals surface area contributed by atoms with E-state index in [-0.39, 0.29) is 0 Å². The zero-order valence-electron chi connectivity index (χ0n) is 7.20. The van der Waals surface area contributed by atoms with Crippen LogP contribution < -0.4 is 5.73 Å². The monoisotopic (exact) mass is 206 g/mol. The Morgan fingerprint density at radius 1 is 1.57 bits per heavy atom. The van der Waals surface area contributed by atoms with E-state index in [1.165, 1.54) is 12.2 Å². The molecule has 0 aliphatic rings. The maximum atomic E-state index is 10.5. The Morgan fingerprint density at radius 2 is 2.29 bits per heavy atom. The number of carbonyl (C=O) groups excluding carboxylic acids is 1. The molecule has 2 N–H and O–H groups in total. The van der Waals surface area contributed by atoms with Crippen LogP contribution in [0, 0.1) is 11.3 Å². The van der Waals surface area contributed by atoms with E-state index in [0.29, 0.717) is 16.1 Å². The Balaban J connectivity index is 3.13. The number of benzene rings is 1. The van der Waals surface area contributed by atoms with Gasteiger partial charge in [-0.2, -0.15) is 5.26 Å². The van der Waals surface area contributed by atoms with E-state index in [9.17, 15) is 4.79 Å². The lowest BCUT2D eigenvalue weighted by molar-refractivity contribution is -0.113. The molecule has 0 saturated heterocycles. The number of nitrogens with two attached hydrogens (primary N) is 1. The highest BCUT2D eigenvalue weighted by Gasteiger charge is 1.99. The lowest BCUT2D eigenvalue weighted by Gasteiger charge is -1.97. The van der Waals surface area contributed by atoms with Gasteiger partial charge in [0, 0.05) is 11.1 Å². The lowest BCUT2D eigenvalue weighted by atomic mass is 10.1. The Kier molecular flexibility index (Phi) is 3.27. The van der Waals surface area contributed by atoms with E-state index < -0.39 is 5.91 Å². The molecule has 1 amide bonds. The maximum Gasteiger partial charge on any atom is 0.241 e. The third-order valence-electron chi connectivity index (χ3n) is 1.56. The predicted octanol–water partition coefficient (Wildman–Crippen LogP) is 1.71. The number of primary amides is 1. The van der Waals surface area contributed by atoms with Crippen LogP contribution in [0.3, 0.4) is 0 Å². The summed E-state index contributed by atoms with van der Waals surface area (Å²) >= 11 is 5.73. The smallest absolute Gasteiger partial charge is 0.241 e. The van der Waals surface area contributed by atoms with Crippen molar-refractivity contribution in [3.05, 3.63) is 40.4 Å². The second kappa shape index (κ2) is 4.45. The lowest BCUT2D eigenvalue weighted by Crippen LogP contribution is -2.05. The third kappa shape index (κ3) is 2.61. The highest BCUT2D eigenvalue weighted by Crippen LogP contribution is 2.16. The van der Waals surface area contributed by atoms with Gasteiger partial charge in [0.2, 0.25) is 5.91 Å². The van der Waals surface area contributed by atoms with Crippen molar-refractivity contribution in [1.82, 2.24) is 0 Å². The van der Waals surface area contributed by atoms with E-state index in [0.717, 1.165) is 0 Å². The molecule has 14 heavy (non-hydrogen) atoms. The molecule has 1 aromatic rings. The first-order valence-corrected chi connectivity index (χ1v) is 4.18. The number of hydrogen-bond acceptors (Lipinski definition) is 2. The first-order valence-electron chi connectivity index (χ1n) is 3.80. The highest BCUT2D eigenvalue weighted by molar-refractivity contribution is 6.30. The maximum absolute atomic E-state index is 10.5. The molecule has 0 aromatic heterocycles. The van der Waals surface area contributed by atoms with Crippen molar-refractivity contribution in [2.45, 2.75) is 0 Å². The van der Waals surface area contributed by atoms with Crippen molar-refractivity contribution >= 4 is 23.6 Å². The quantitative estimate of drug-likeness (QED) is 0.749. The number of nitrogens with zero attached hydrogens (tertiary/aromatic N) is 1. The van der Waals surface area contributed by atoms with E-state index in [2.05, 4.69) is 0 Å². The summed E-state index contributed by atoms with van der Waals surface area (Å²) in [5.41, 5.74) is 5.96. The predicted molar refractivity (Wildman–Crippen MR) is 54.4 cm³/mol. The Morgan fingerprint density at radius 3 is 2.86 bits per heavy atom. The molecule has 1 rings (SSSR count). The van der Waals surface area contributed by atoms with Gasteiger partial charge in [-0.3, -0.25) is 4.79 Å². The van der Waals surface area contributed by atoms with E-state index >= 15 is 0 Å². The molecule has 0 heterocycles. The van der Waals surface area contributed by atoms with Gasteiger partial charge < -0.3 is 5.73 Å². The molecule has 0 atom stereocenters. The van der Waals surface area contributed by atoms with Gasteiger partial charge in [0.05, 0.1) is 11.6 Å². The summed E-state index contributed by atoms with van der Waals surface area (Å²) in [4.78, 5) is 10.5. The molecule has 0 spiro atoms. The summed E-state index contributed by atoms with van der Waals surface area (Å²) < 4.78 is 0. The molecule has 0 aliphatic heterocycles. The molecule has 1 aromatic carbocycles. The van der Waals surface area contributed by atoms with Crippen LogP contribution >= 0.6 is 11.6 Å². The fourth-order valence-electron chi connectivity index (χ4n) is 0.945. The van der Waals surface area contributed by atoms with Gasteiger partial charge in [0.25, 0.3) is 0 Å². The van der Waals surface area contributed by atoms with Crippen LogP contribution in [0.15, 0.2) is 24.3 Å². The first kappa shape index (κ1) is 10.3. The fourth-order valence-corrected chi connectivity index (χ4v) is 1.13. The molecule has 0 unspecified atom stereocenters. The number of rotatable bonds is 2. The Hall–Kier alpha value is -1.79. The van der Waals surface area contributed by atoms with Crippen molar-refractivity contribution in [3.8, 4) is 6.07 Å². The summed E-state index contributed by atoms with van der Waals surface area (Å²) in [5, 5.41) is 9.24. The summed E-state index contributed by atoms with van der Waals surface area (Å²) in [5.74, 6) is -0.561. The van der Waals surface area contributed by atoms with Crippen molar-refractivity contribution in [2.24, 2.45) is 5.73 Å². The normalized spacial score (nSPS) is 10.0. The van der Waals surface area contributed by atoms with Crippen molar-refractivity contribution in [3.63, 3.8) is 0 Å². The topological polar surface area (TPSA) is 66.9 Å². The van der Waals surface area contributed by atoms with Gasteiger partial charge in [0.15, 0.2) is 0 Å². The zero-order valence-corrected chi connectivity index (χ0v) is 7.95. The Bertz CT molecular complexity index is 432. The van der Waals surface area contributed by atoms with Gasteiger partial charge in [-0.1, -0.05) is 11.6 Å². The SMILES string of the molecule is N#Cc1ccc(Cl)cc1C=CC(N)=O. The second-order valence-corrected chi connectivity index (χ2v) is 3.02. The van der Waals surface area contributed by atoms with Crippen LogP contribution in [0.1, 0.15) is 11.1 Å². The van der Waals surface area contributed by atoms with E-state index in [1.54, 1.807) is 18.2 Å². The van der Waals surface area contributed by atoms with Crippen LogP contribution in [0.25, 0.3) is 6.08 Å². The number of halogens is 1. The van der Waals surface area contributed by atoms with Crippen molar-refractivity contribution in [1.29, 1.82) is 5.26 Å². The minimum Gasteiger partial charge on any atom is -0.366 e. The van der Waals surface area contributed by atoms with Gasteiger partial charge >= 0.3 is 0 Å². The van der Waals surface area contributed by atoms with Gasteiger partial charge in [-0.25, -0.2) is 0 Å². The van der Waals surface area contributed by atoms with Crippen LogP contribution in [-0.4, -0.2) is 5.91 Å². The standard InChI is InChI=1S/C10H7ClN2O/c11-9-3-1-8(6-12)7(5-9)2-4-10(13)14/h1-5H,(H2,13,14).